The first-order valence-electron chi connectivity index (χ1n) is 4.93. The summed E-state index contributed by atoms with van der Waals surface area (Å²) in [6.07, 6.45) is 0. The highest BCUT2D eigenvalue weighted by Gasteiger charge is 2.04. The van der Waals surface area contributed by atoms with E-state index in [9.17, 15) is 0 Å². The number of hydrogen-bond donors (Lipinski definition) is 1. The molecular formula is C11H13BrN2S. The average molecular weight is 285 g/mol. The monoisotopic (exact) mass is 284 g/mol. The number of thiazole rings is 1. The standard InChI is InChI=1S/C11H13BrN2S/c1-7(2)13-6-11-14-9-4-3-8(12)5-10(9)15-11/h3-5,7,13H,6H2,1-2H3. The fourth-order valence-electron chi connectivity index (χ4n) is 1.31. The van der Waals surface area contributed by atoms with Crippen LogP contribution >= 0.6 is 27.3 Å². The fraction of sp³-hybridized carbons (Fsp3) is 0.364. The maximum atomic E-state index is 4.56. The molecule has 0 amide bonds. The van der Waals surface area contributed by atoms with Crippen LogP contribution in [0.1, 0.15) is 18.9 Å². The molecule has 0 unspecified atom stereocenters. The fourth-order valence-corrected chi connectivity index (χ4v) is 2.78. The SMILES string of the molecule is CC(C)NCc1nc2ccc(Br)cc2s1. The van der Waals surface area contributed by atoms with Gasteiger partial charge in [0, 0.05) is 17.1 Å². The lowest BCUT2D eigenvalue weighted by atomic mass is 10.3. The molecule has 1 heterocycles. The van der Waals surface area contributed by atoms with Crippen molar-refractivity contribution in [3.63, 3.8) is 0 Å². The molecule has 15 heavy (non-hydrogen) atoms. The zero-order valence-corrected chi connectivity index (χ0v) is 11.2. The molecule has 0 saturated heterocycles. The van der Waals surface area contributed by atoms with Crippen LogP contribution in [0.2, 0.25) is 0 Å². The van der Waals surface area contributed by atoms with E-state index < -0.39 is 0 Å². The van der Waals surface area contributed by atoms with Crippen molar-refractivity contribution < 1.29 is 0 Å². The van der Waals surface area contributed by atoms with E-state index in [2.05, 4.69) is 52.2 Å². The van der Waals surface area contributed by atoms with Gasteiger partial charge in [0.15, 0.2) is 0 Å². The lowest BCUT2D eigenvalue weighted by Crippen LogP contribution is -2.21. The van der Waals surface area contributed by atoms with Crippen molar-refractivity contribution in [3.05, 3.63) is 27.7 Å². The number of benzene rings is 1. The highest BCUT2D eigenvalue weighted by molar-refractivity contribution is 9.10. The number of nitrogens with zero attached hydrogens (tertiary/aromatic N) is 1. The summed E-state index contributed by atoms with van der Waals surface area (Å²) >= 11 is 5.22. The van der Waals surface area contributed by atoms with Crippen LogP contribution in [0.15, 0.2) is 22.7 Å². The second-order valence-corrected chi connectivity index (χ2v) is 5.79. The molecule has 0 aliphatic heterocycles. The topological polar surface area (TPSA) is 24.9 Å². The molecule has 0 atom stereocenters. The average Bonchev–Trinajstić information content (AvgIpc) is 2.56. The van der Waals surface area contributed by atoms with Gasteiger partial charge < -0.3 is 5.32 Å². The zero-order chi connectivity index (χ0) is 10.8. The number of fused-ring (bicyclic) bond motifs is 1. The van der Waals surface area contributed by atoms with Gasteiger partial charge in [-0.05, 0) is 18.2 Å². The molecule has 0 aliphatic rings. The van der Waals surface area contributed by atoms with E-state index in [4.69, 9.17) is 0 Å². The van der Waals surface area contributed by atoms with Crippen molar-refractivity contribution in [1.82, 2.24) is 10.3 Å². The van der Waals surface area contributed by atoms with Gasteiger partial charge in [0.1, 0.15) is 5.01 Å². The molecule has 2 nitrogen and oxygen atoms in total. The molecule has 0 bridgehead atoms. The van der Waals surface area contributed by atoms with Gasteiger partial charge >= 0.3 is 0 Å². The Balaban J connectivity index is 2.23. The van der Waals surface area contributed by atoms with E-state index in [-0.39, 0.29) is 0 Å². The number of nitrogens with one attached hydrogen (secondary N) is 1. The lowest BCUT2D eigenvalue weighted by molar-refractivity contribution is 0.588. The summed E-state index contributed by atoms with van der Waals surface area (Å²) in [7, 11) is 0. The van der Waals surface area contributed by atoms with Crippen LogP contribution in [0, 0.1) is 0 Å². The molecule has 2 aromatic rings. The number of rotatable bonds is 3. The van der Waals surface area contributed by atoms with Crippen LogP contribution < -0.4 is 5.32 Å². The molecule has 1 aromatic heterocycles. The van der Waals surface area contributed by atoms with Crippen molar-refractivity contribution in [3.8, 4) is 0 Å². The molecule has 0 radical (unpaired) electrons. The molecule has 2 rings (SSSR count). The molecule has 4 heteroatoms. The summed E-state index contributed by atoms with van der Waals surface area (Å²) in [5.74, 6) is 0. The van der Waals surface area contributed by atoms with Gasteiger partial charge in [0.05, 0.1) is 10.2 Å². The quantitative estimate of drug-likeness (QED) is 0.932. The molecule has 1 N–H and O–H groups in total. The summed E-state index contributed by atoms with van der Waals surface area (Å²) < 4.78 is 2.35. The van der Waals surface area contributed by atoms with Crippen molar-refractivity contribution in [2.24, 2.45) is 0 Å². The molecule has 80 valence electrons. The van der Waals surface area contributed by atoms with Gasteiger partial charge in [-0.2, -0.15) is 0 Å². The Bertz CT molecular complexity index is 465. The number of hydrogen-bond acceptors (Lipinski definition) is 3. The Morgan fingerprint density at radius 2 is 2.27 bits per heavy atom. The van der Waals surface area contributed by atoms with Crippen molar-refractivity contribution >= 4 is 37.5 Å². The summed E-state index contributed by atoms with van der Waals surface area (Å²) in [5.41, 5.74) is 1.09. The van der Waals surface area contributed by atoms with E-state index in [0.717, 1.165) is 21.5 Å². The Morgan fingerprint density at radius 1 is 1.47 bits per heavy atom. The Kier molecular flexibility index (Phi) is 3.38. The van der Waals surface area contributed by atoms with Crippen molar-refractivity contribution in [1.29, 1.82) is 0 Å². The molecule has 1 aromatic carbocycles. The third-order valence-corrected chi connectivity index (χ3v) is 3.57. The van der Waals surface area contributed by atoms with Gasteiger partial charge in [-0.1, -0.05) is 29.8 Å². The van der Waals surface area contributed by atoms with E-state index in [0.29, 0.717) is 6.04 Å². The second-order valence-electron chi connectivity index (χ2n) is 3.76. The second kappa shape index (κ2) is 4.60. The van der Waals surface area contributed by atoms with Crippen LogP contribution in [0.4, 0.5) is 0 Å². The highest BCUT2D eigenvalue weighted by atomic mass is 79.9. The van der Waals surface area contributed by atoms with Crippen LogP contribution in [-0.4, -0.2) is 11.0 Å². The van der Waals surface area contributed by atoms with Gasteiger partial charge in [0.2, 0.25) is 0 Å². The third-order valence-electron chi connectivity index (χ3n) is 2.06. The minimum absolute atomic E-state index is 0.503. The van der Waals surface area contributed by atoms with Crippen molar-refractivity contribution in [2.75, 3.05) is 0 Å². The first kappa shape index (κ1) is 11.0. The third kappa shape index (κ3) is 2.77. The van der Waals surface area contributed by atoms with Gasteiger partial charge in [-0.15, -0.1) is 11.3 Å². The van der Waals surface area contributed by atoms with E-state index in [1.807, 2.05) is 6.07 Å². The minimum Gasteiger partial charge on any atom is -0.308 e. The first-order chi connectivity index (χ1) is 7.15. The molecule has 0 saturated carbocycles. The molecule has 0 spiro atoms. The van der Waals surface area contributed by atoms with E-state index in [1.165, 1.54) is 4.70 Å². The maximum Gasteiger partial charge on any atom is 0.108 e. The molecule has 0 aliphatic carbocycles. The van der Waals surface area contributed by atoms with E-state index in [1.54, 1.807) is 11.3 Å². The smallest absolute Gasteiger partial charge is 0.108 e. The highest BCUT2D eigenvalue weighted by Crippen LogP contribution is 2.25. The van der Waals surface area contributed by atoms with Gasteiger partial charge in [0.25, 0.3) is 0 Å². The zero-order valence-electron chi connectivity index (χ0n) is 8.75. The summed E-state index contributed by atoms with van der Waals surface area (Å²) in [5, 5.41) is 4.52. The molecular weight excluding hydrogens is 272 g/mol. The molecule has 0 fully saturated rings. The van der Waals surface area contributed by atoms with Gasteiger partial charge in [-0.25, -0.2) is 4.98 Å². The predicted molar refractivity (Wildman–Crippen MR) is 69.3 cm³/mol. The summed E-state index contributed by atoms with van der Waals surface area (Å²) in [4.78, 5) is 4.56. The Labute approximate surface area is 102 Å². The maximum absolute atomic E-state index is 4.56. The minimum atomic E-state index is 0.503. The van der Waals surface area contributed by atoms with Crippen LogP contribution in [0.5, 0.6) is 0 Å². The Morgan fingerprint density at radius 3 is 3.00 bits per heavy atom. The number of halogens is 1. The van der Waals surface area contributed by atoms with E-state index >= 15 is 0 Å². The summed E-state index contributed by atoms with van der Waals surface area (Å²) in [6.45, 7) is 5.14. The van der Waals surface area contributed by atoms with Crippen LogP contribution in [0.25, 0.3) is 10.2 Å². The lowest BCUT2D eigenvalue weighted by Gasteiger charge is -2.04. The van der Waals surface area contributed by atoms with Crippen LogP contribution in [0.3, 0.4) is 0 Å². The van der Waals surface area contributed by atoms with Gasteiger partial charge in [-0.3, -0.25) is 0 Å². The first-order valence-corrected chi connectivity index (χ1v) is 6.54. The predicted octanol–water partition coefficient (Wildman–Crippen LogP) is 3.56. The van der Waals surface area contributed by atoms with Crippen molar-refractivity contribution in [2.45, 2.75) is 26.4 Å². The Hall–Kier alpha value is -0.450. The summed E-state index contributed by atoms with van der Waals surface area (Å²) in [6, 6.07) is 6.70. The largest absolute Gasteiger partial charge is 0.308 e. The van der Waals surface area contributed by atoms with Crippen LogP contribution in [-0.2, 0) is 6.54 Å². The normalized spacial score (nSPS) is 11.5. The number of aromatic nitrogens is 1.